The van der Waals surface area contributed by atoms with E-state index in [4.69, 9.17) is 0 Å². The van der Waals surface area contributed by atoms with Crippen LogP contribution in [0.15, 0.2) is 41.3 Å². The van der Waals surface area contributed by atoms with Gasteiger partial charge in [-0.15, -0.1) is 0 Å². The fourth-order valence-electron chi connectivity index (χ4n) is 4.49. The molecule has 0 fully saturated rings. The Morgan fingerprint density at radius 3 is 2.59 bits per heavy atom. The van der Waals surface area contributed by atoms with Gasteiger partial charge in [0.15, 0.2) is 17.2 Å². The van der Waals surface area contributed by atoms with Crippen LogP contribution in [-0.4, -0.2) is 27.0 Å². The first-order valence-electron chi connectivity index (χ1n) is 9.86. The van der Waals surface area contributed by atoms with E-state index in [2.05, 4.69) is 10.3 Å². The molecule has 1 aliphatic carbocycles. The van der Waals surface area contributed by atoms with Crippen molar-refractivity contribution in [2.45, 2.75) is 43.5 Å². The van der Waals surface area contributed by atoms with E-state index in [9.17, 15) is 37.0 Å². The van der Waals surface area contributed by atoms with Crippen molar-refractivity contribution in [2.24, 2.45) is 0 Å². The lowest BCUT2D eigenvalue weighted by Gasteiger charge is -2.46. The summed E-state index contributed by atoms with van der Waals surface area (Å²) in [7, 11) is 0. The smallest absolute Gasteiger partial charge is 0.419 e. The van der Waals surface area contributed by atoms with E-state index in [1.807, 2.05) is 0 Å². The maximum absolute atomic E-state index is 14.2. The number of phenols is 1. The van der Waals surface area contributed by atoms with Crippen LogP contribution in [0, 0.1) is 11.6 Å². The van der Waals surface area contributed by atoms with Crippen LogP contribution in [0.25, 0.3) is 10.8 Å². The average molecular weight is 454 g/mol. The zero-order chi connectivity index (χ0) is 23.4. The molecule has 32 heavy (non-hydrogen) atoms. The topological polar surface area (TPSA) is 85.4 Å². The molecule has 5 nitrogen and oxygen atoms in total. The summed E-state index contributed by atoms with van der Waals surface area (Å²) in [4.78, 5) is 14.5. The third-order valence-corrected chi connectivity index (χ3v) is 6.12. The number of benzene rings is 2. The first-order chi connectivity index (χ1) is 15.0. The van der Waals surface area contributed by atoms with Crippen LogP contribution in [0.1, 0.15) is 42.9 Å². The molecule has 3 aromatic rings. The fraction of sp³-hybridized carbons (Fsp3) is 0.318. The highest BCUT2D eigenvalue weighted by atomic mass is 19.4. The third kappa shape index (κ3) is 3.21. The molecule has 0 bridgehead atoms. The number of alkyl halides is 3. The van der Waals surface area contributed by atoms with E-state index in [0.29, 0.717) is 6.07 Å². The predicted octanol–water partition coefficient (Wildman–Crippen LogP) is 4.86. The number of aliphatic hydroxyl groups is 1. The molecule has 0 unspecified atom stereocenters. The first kappa shape index (κ1) is 22.1. The second kappa shape index (κ2) is 7.47. The van der Waals surface area contributed by atoms with Crippen molar-refractivity contribution in [1.82, 2.24) is 4.98 Å². The molecule has 170 valence electrons. The Balaban J connectivity index is 1.98. The van der Waals surface area contributed by atoms with Gasteiger partial charge in [-0.1, -0.05) is 13.0 Å². The highest BCUT2D eigenvalue weighted by Crippen LogP contribution is 2.55. The maximum Gasteiger partial charge on any atom is 0.419 e. The number of rotatable bonds is 3. The SMILES string of the molecule is CC[C@@H]1C[C@@](O)(C(F)(F)F)[C@@H](Nc2cccc3c(=O)[nH]ccc23)c2cc(F)c(F)c(O)c21. The summed E-state index contributed by atoms with van der Waals surface area (Å²) in [5.41, 5.74) is -4.35. The second-order valence-corrected chi connectivity index (χ2v) is 7.91. The van der Waals surface area contributed by atoms with Gasteiger partial charge in [0.2, 0.25) is 5.82 Å². The number of fused-ring (bicyclic) bond motifs is 2. The Morgan fingerprint density at radius 2 is 1.94 bits per heavy atom. The molecule has 0 radical (unpaired) electrons. The van der Waals surface area contributed by atoms with Gasteiger partial charge < -0.3 is 20.5 Å². The minimum Gasteiger partial charge on any atom is -0.505 e. The molecule has 1 aromatic heterocycles. The van der Waals surface area contributed by atoms with Crippen molar-refractivity contribution in [3.8, 4) is 5.75 Å². The van der Waals surface area contributed by atoms with E-state index in [1.54, 1.807) is 0 Å². The van der Waals surface area contributed by atoms with Crippen molar-refractivity contribution in [3.05, 3.63) is 69.6 Å². The van der Waals surface area contributed by atoms with E-state index >= 15 is 0 Å². The Bertz CT molecular complexity index is 1260. The molecule has 1 aliphatic rings. The number of halogens is 5. The van der Waals surface area contributed by atoms with Crippen molar-refractivity contribution in [3.63, 3.8) is 0 Å². The van der Waals surface area contributed by atoms with E-state index in [0.717, 1.165) is 0 Å². The number of aromatic hydroxyl groups is 1. The highest BCUT2D eigenvalue weighted by molar-refractivity contribution is 5.93. The Labute approximate surface area is 178 Å². The number of hydrogen-bond acceptors (Lipinski definition) is 4. The number of phenolic OH excluding ortho intramolecular Hbond substituents is 1. The largest absolute Gasteiger partial charge is 0.505 e. The molecule has 4 rings (SSSR count). The summed E-state index contributed by atoms with van der Waals surface area (Å²) < 4.78 is 70.8. The molecule has 0 amide bonds. The standard InChI is InChI=1S/C22H19F5N2O3/c1-2-10-9-21(32,22(25,26)27)19(13-8-14(23)17(24)18(30)16(10)13)29-15-5-3-4-12-11(15)6-7-28-20(12)31/h3-8,10,19,29-30,32H,2,9H2,1H3,(H,28,31)/t10-,19+,21+/m1/s1. The second-order valence-electron chi connectivity index (χ2n) is 7.91. The molecule has 10 heteroatoms. The van der Waals surface area contributed by atoms with E-state index < -0.39 is 58.7 Å². The van der Waals surface area contributed by atoms with Gasteiger partial charge in [-0.05, 0) is 48.6 Å². The van der Waals surface area contributed by atoms with Crippen LogP contribution in [0.3, 0.4) is 0 Å². The summed E-state index contributed by atoms with van der Waals surface area (Å²) in [6.07, 6.45) is -4.66. The van der Waals surface area contributed by atoms with Gasteiger partial charge in [-0.3, -0.25) is 4.79 Å². The van der Waals surface area contributed by atoms with Crippen LogP contribution in [0.4, 0.5) is 27.6 Å². The van der Waals surface area contributed by atoms with Gasteiger partial charge in [-0.2, -0.15) is 17.6 Å². The number of H-pyrrole nitrogens is 1. The van der Waals surface area contributed by atoms with E-state index in [-0.39, 0.29) is 28.4 Å². The summed E-state index contributed by atoms with van der Waals surface area (Å²) in [6.45, 7) is 1.52. The van der Waals surface area contributed by atoms with Crippen LogP contribution < -0.4 is 10.9 Å². The Hall–Kier alpha value is -3.14. The molecule has 1 heterocycles. The van der Waals surface area contributed by atoms with Crippen molar-refractivity contribution >= 4 is 16.5 Å². The maximum atomic E-state index is 14.2. The zero-order valence-electron chi connectivity index (χ0n) is 16.7. The first-order valence-corrected chi connectivity index (χ1v) is 9.86. The number of aromatic nitrogens is 1. The summed E-state index contributed by atoms with van der Waals surface area (Å²) in [5.74, 6) is -5.24. The van der Waals surface area contributed by atoms with Crippen molar-refractivity contribution in [2.75, 3.05) is 5.32 Å². The van der Waals surface area contributed by atoms with Gasteiger partial charge in [0, 0.05) is 28.2 Å². The average Bonchev–Trinajstić information content (AvgIpc) is 2.73. The predicted molar refractivity (Wildman–Crippen MR) is 108 cm³/mol. The van der Waals surface area contributed by atoms with Gasteiger partial charge >= 0.3 is 6.18 Å². The number of aromatic amines is 1. The lowest BCUT2D eigenvalue weighted by atomic mass is 9.69. The van der Waals surface area contributed by atoms with Crippen molar-refractivity contribution in [1.29, 1.82) is 0 Å². The highest BCUT2D eigenvalue weighted by Gasteiger charge is 2.62. The fourth-order valence-corrected chi connectivity index (χ4v) is 4.49. The monoisotopic (exact) mass is 454 g/mol. The molecule has 0 aliphatic heterocycles. The number of nitrogens with one attached hydrogen (secondary N) is 2. The minimum atomic E-state index is -5.14. The quantitative estimate of drug-likeness (QED) is 0.426. The molecule has 3 atom stereocenters. The van der Waals surface area contributed by atoms with Crippen LogP contribution in [0.5, 0.6) is 5.75 Å². The van der Waals surface area contributed by atoms with Gasteiger partial charge in [0.05, 0.1) is 6.04 Å². The molecule has 0 spiro atoms. The minimum absolute atomic E-state index is 0.0421. The molecule has 0 saturated carbocycles. The normalized spacial score (nSPS) is 23.2. The lowest BCUT2D eigenvalue weighted by molar-refractivity contribution is -0.272. The van der Waals surface area contributed by atoms with Crippen LogP contribution >= 0.6 is 0 Å². The number of hydrogen-bond donors (Lipinski definition) is 4. The van der Waals surface area contributed by atoms with E-state index in [1.165, 1.54) is 37.4 Å². The van der Waals surface area contributed by atoms with Gasteiger partial charge in [-0.25, -0.2) is 4.39 Å². The van der Waals surface area contributed by atoms with Gasteiger partial charge in [0.25, 0.3) is 5.56 Å². The zero-order valence-corrected chi connectivity index (χ0v) is 16.7. The van der Waals surface area contributed by atoms with Crippen LogP contribution in [-0.2, 0) is 0 Å². The third-order valence-electron chi connectivity index (χ3n) is 6.12. The molecular formula is C22H19F5N2O3. The van der Waals surface area contributed by atoms with Crippen molar-refractivity contribution < 1.29 is 32.2 Å². The molecule has 2 aromatic carbocycles. The Kier molecular flexibility index (Phi) is 5.15. The molecule has 4 N–H and O–H groups in total. The van der Waals surface area contributed by atoms with Crippen LogP contribution in [0.2, 0.25) is 0 Å². The number of anilines is 1. The van der Waals surface area contributed by atoms with Gasteiger partial charge in [0.1, 0.15) is 0 Å². The molecular weight excluding hydrogens is 435 g/mol. The Morgan fingerprint density at radius 1 is 1.22 bits per heavy atom. The summed E-state index contributed by atoms with van der Waals surface area (Å²) >= 11 is 0. The lowest BCUT2D eigenvalue weighted by Crippen LogP contribution is -2.55. The summed E-state index contributed by atoms with van der Waals surface area (Å²) in [5, 5.41) is 24.2. The molecule has 0 saturated heterocycles. The summed E-state index contributed by atoms with van der Waals surface area (Å²) in [6, 6.07) is 4.37. The number of pyridine rings is 1.